The molecule has 5 heteroatoms. The molecule has 78 valence electrons. The Bertz CT molecular complexity index is 146. The molecule has 0 aromatic heterocycles. The highest BCUT2D eigenvalue weighted by Crippen LogP contribution is 2.21. The van der Waals surface area contributed by atoms with Crippen molar-refractivity contribution in [2.45, 2.75) is 43.8 Å². The number of hydrogen-bond acceptors (Lipinski definition) is 5. The van der Waals surface area contributed by atoms with Crippen molar-refractivity contribution >= 4 is 0 Å². The second-order valence-corrected chi connectivity index (χ2v) is 3.36. The minimum atomic E-state index is -1.09. The lowest BCUT2D eigenvalue weighted by atomic mass is 9.92. The molecular formula is C8H17NO4. The van der Waals surface area contributed by atoms with Crippen molar-refractivity contribution in [1.29, 1.82) is 0 Å². The third kappa shape index (κ3) is 2.00. The van der Waals surface area contributed by atoms with Crippen LogP contribution in [0.5, 0.6) is 0 Å². The van der Waals surface area contributed by atoms with Crippen LogP contribution in [-0.2, 0) is 4.74 Å². The average Bonchev–Trinajstić information content (AvgIpc) is 2.15. The summed E-state index contributed by atoms with van der Waals surface area (Å²) in [6, 6.07) is -0.581. The van der Waals surface area contributed by atoms with Gasteiger partial charge in [-0.25, -0.2) is 0 Å². The maximum absolute atomic E-state index is 9.48. The summed E-state index contributed by atoms with van der Waals surface area (Å²) in [7, 11) is 0. The van der Waals surface area contributed by atoms with Gasteiger partial charge in [0, 0.05) is 0 Å². The number of ether oxygens (including phenoxy) is 1. The normalized spacial score (nSPS) is 46.4. The number of nitrogens with two attached hydrogens (primary N) is 1. The second-order valence-electron chi connectivity index (χ2n) is 3.36. The van der Waals surface area contributed by atoms with E-state index in [1.165, 1.54) is 0 Å². The minimum Gasteiger partial charge on any atom is -0.394 e. The molecule has 0 bridgehead atoms. The van der Waals surface area contributed by atoms with Crippen molar-refractivity contribution in [2.75, 3.05) is 6.61 Å². The van der Waals surface area contributed by atoms with Crippen LogP contribution in [0.4, 0.5) is 0 Å². The molecule has 0 spiro atoms. The summed E-state index contributed by atoms with van der Waals surface area (Å²) in [4.78, 5) is 0. The average molecular weight is 191 g/mol. The van der Waals surface area contributed by atoms with Crippen molar-refractivity contribution in [3.63, 3.8) is 0 Å². The quantitative estimate of drug-likeness (QED) is 0.413. The molecule has 0 amide bonds. The van der Waals surface area contributed by atoms with Crippen molar-refractivity contribution < 1.29 is 20.1 Å². The Morgan fingerprint density at radius 1 is 1.23 bits per heavy atom. The molecule has 5 N–H and O–H groups in total. The van der Waals surface area contributed by atoms with Crippen LogP contribution in [0.1, 0.15) is 13.3 Å². The number of hydrogen-bond donors (Lipinski definition) is 4. The molecule has 0 aromatic rings. The van der Waals surface area contributed by atoms with Crippen LogP contribution in [0.15, 0.2) is 0 Å². The molecule has 2 unspecified atom stereocenters. The molecule has 1 aliphatic heterocycles. The predicted molar refractivity (Wildman–Crippen MR) is 46.0 cm³/mol. The minimum absolute atomic E-state index is 0.296. The Hall–Kier alpha value is -0.200. The fourth-order valence-electron chi connectivity index (χ4n) is 1.58. The molecule has 5 nitrogen and oxygen atoms in total. The van der Waals surface area contributed by atoms with E-state index in [1.807, 2.05) is 6.92 Å². The van der Waals surface area contributed by atoms with Gasteiger partial charge in [0.2, 0.25) is 0 Å². The Kier molecular flexibility index (Phi) is 3.63. The summed E-state index contributed by atoms with van der Waals surface area (Å²) in [5.74, 6) is 0. The van der Waals surface area contributed by atoms with Crippen molar-refractivity contribution in [3.8, 4) is 0 Å². The van der Waals surface area contributed by atoms with Gasteiger partial charge in [0.25, 0.3) is 0 Å². The lowest BCUT2D eigenvalue weighted by Crippen LogP contribution is -2.61. The smallest absolute Gasteiger partial charge is 0.110 e. The van der Waals surface area contributed by atoms with Gasteiger partial charge in [-0.1, -0.05) is 6.92 Å². The highest BCUT2D eigenvalue weighted by atomic mass is 16.5. The predicted octanol–water partition coefficient (Wildman–Crippen LogP) is -1.79. The lowest BCUT2D eigenvalue weighted by Gasteiger charge is -2.40. The molecule has 13 heavy (non-hydrogen) atoms. The van der Waals surface area contributed by atoms with Gasteiger partial charge in [-0.15, -0.1) is 0 Å². The van der Waals surface area contributed by atoms with Gasteiger partial charge >= 0.3 is 0 Å². The van der Waals surface area contributed by atoms with E-state index in [2.05, 4.69) is 0 Å². The number of rotatable bonds is 2. The van der Waals surface area contributed by atoms with E-state index < -0.39 is 24.4 Å². The summed E-state index contributed by atoms with van der Waals surface area (Å²) >= 11 is 0. The number of aliphatic hydroxyl groups is 3. The van der Waals surface area contributed by atoms with E-state index in [1.54, 1.807) is 0 Å². The third-order valence-corrected chi connectivity index (χ3v) is 2.49. The first-order valence-corrected chi connectivity index (χ1v) is 4.49. The zero-order chi connectivity index (χ0) is 10.0. The Morgan fingerprint density at radius 3 is 2.31 bits per heavy atom. The van der Waals surface area contributed by atoms with Gasteiger partial charge in [-0.3, -0.25) is 0 Å². The van der Waals surface area contributed by atoms with Crippen LogP contribution in [0.3, 0.4) is 0 Å². The highest BCUT2D eigenvalue weighted by Gasteiger charge is 2.41. The standard InChI is InChI=1S/C8H17NO4/c1-2-4-6(9)8(12)7(11)5(3-10)13-4/h4-8,10-12H,2-3,9H2,1H3/t4-,5+,6?,7?,8+/m0/s1. The zero-order valence-electron chi connectivity index (χ0n) is 7.63. The summed E-state index contributed by atoms with van der Waals surface area (Å²) < 4.78 is 5.29. The Morgan fingerprint density at radius 2 is 1.85 bits per heavy atom. The molecule has 0 aliphatic carbocycles. The molecule has 0 saturated carbocycles. The molecule has 0 aromatic carbocycles. The molecule has 5 atom stereocenters. The third-order valence-electron chi connectivity index (χ3n) is 2.49. The van der Waals surface area contributed by atoms with Crippen molar-refractivity contribution in [1.82, 2.24) is 0 Å². The van der Waals surface area contributed by atoms with E-state index in [0.29, 0.717) is 6.42 Å². The van der Waals surface area contributed by atoms with Crippen LogP contribution in [0, 0.1) is 0 Å². The van der Waals surface area contributed by atoms with Gasteiger partial charge in [0.05, 0.1) is 18.8 Å². The van der Waals surface area contributed by atoms with Crippen LogP contribution in [-0.4, -0.2) is 52.4 Å². The SMILES string of the molecule is CC[C@@H]1O[C@H](CO)C(O)[C@H](O)C1N. The summed E-state index contributed by atoms with van der Waals surface area (Å²) in [6.07, 6.45) is -2.48. The molecule has 1 heterocycles. The van der Waals surface area contributed by atoms with E-state index in [-0.39, 0.29) is 12.7 Å². The molecule has 1 saturated heterocycles. The Balaban J connectivity index is 2.66. The summed E-state index contributed by atoms with van der Waals surface area (Å²) in [6.45, 7) is 1.57. The van der Waals surface area contributed by atoms with Gasteiger partial charge in [-0.05, 0) is 6.42 Å². The first kappa shape index (κ1) is 10.9. The van der Waals surface area contributed by atoms with E-state index >= 15 is 0 Å². The van der Waals surface area contributed by atoms with Crippen LogP contribution >= 0.6 is 0 Å². The molecule has 1 aliphatic rings. The largest absolute Gasteiger partial charge is 0.394 e. The summed E-state index contributed by atoms with van der Waals surface area (Å²) in [5, 5.41) is 27.7. The second kappa shape index (κ2) is 4.34. The number of aliphatic hydroxyl groups excluding tert-OH is 3. The fourth-order valence-corrected chi connectivity index (χ4v) is 1.58. The molecule has 1 rings (SSSR count). The van der Waals surface area contributed by atoms with Gasteiger partial charge in [0.1, 0.15) is 18.3 Å². The molecular weight excluding hydrogens is 174 g/mol. The Labute approximate surface area is 77.1 Å². The van der Waals surface area contributed by atoms with Gasteiger partial charge < -0.3 is 25.8 Å². The molecule has 0 radical (unpaired) electrons. The first-order valence-electron chi connectivity index (χ1n) is 4.49. The first-order chi connectivity index (χ1) is 6.11. The van der Waals surface area contributed by atoms with Crippen LogP contribution < -0.4 is 5.73 Å². The zero-order valence-corrected chi connectivity index (χ0v) is 7.63. The summed E-state index contributed by atoms with van der Waals surface area (Å²) in [5.41, 5.74) is 5.62. The maximum atomic E-state index is 9.48. The van der Waals surface area contributed by atoms with Crippen molar-refractivity contribution in [2.24, 2.45) is 5.73 Å². The lowest BCUT2D eigenvalue weighted by molar-refractivity contribution is -0.189. The molecule has 1 fully saturated rings. The maximum Gasteiger partial charge on any atom is 0.110 e. The fraction of sp³-hybridized carbons (Fsp3) is 1.00. The monoisotopic (exact) mass is 191 g/mol. The highest BCUT2D eigenvalue weighted by molar-refractivity contribution is 4.93. The van der Waals surface area contributed by atoms with Crippen molar-refractivity contribution in [3.05, 3.63) is 0 Å². The van der Waals surface area contributed by atoms with E-state index in [9.17, 15) is 10.2 Å². The topological polar surface area (TPSA) is 95.9 Å². The van der Waals surface area contributed by atoms with E-state index in [0.717, 1.165) is 0 Å². The van der Waals surface area contributed by atoms with Crippen LogP contribution in [0.25, 0.3) is 0 Å². The van der Waals surface area contributed by atoms with Gasteiger partial charge in [-0.2, -0.15) is 0 Å². The van der Waals surface area contributed by atoms with E-state index in [4.69, 9.17) is 15.6 Å². The van der Waals surface area contributed by atoms with Crippen LogP contribution in [0.2, 0.25) is 0 Å². The van der Waals surface area contributed by atoms with Gasteiger partial charge in [0.15, 0.2) is 0 Å².